The number of imidazole rings is 1. The van der Waals surface area contributed by atoms with Gasteiger partial charge in [-0.1, -0.05) is 13.8 Å². The van der Waals surface area contributed by atoms with E-state index in [2.05, 4.69) is 39.7 Å². The number of azo groups is 1. The minimum absolute atomic E-state index is 0.0340. The Bertz CT molecular complexity index is 2160. The molecule has 0 aliphatic carbocycles. The van der Waals surface area contributed by atoms with Crippen molar-refractivity contribution in [3.05, 3.63) is 61.2 Å². The second-order valence-electron chi connectivity index (χ2n) is 13.0. The predicted molar refractivity (Wildman–Crippen MR) is 195 cm³/mol. The number of nitrogens with zero attached hydrogens (tertiary/aromatic N) is 7. The molecule has 0 saturated carbocycles. The molecule has 1 saturated heterocycles. The lowest BCUT2D eigenvalue weighted by molar-refractivity contribution is -0.160. The summed E-state index contributed by atoms with van der Waals surface area (Å²) in [6.45, 7) is 1.97. The van der Waals surface area contributed by atoms with E-state index in [1.54, 1.807) is 26.0 Å². The third-order valence-corrected chi connectivity index (χ3v) is 10.1. The largest absolute Gasteiger partial charge is 0.469 e. The topological polar surface area (TPSA) is 295 Å². The molecule has 4 aromatic rings. The molecule has 3 heterocycles. The third kappa shape index (κ3) is 10.6. The number of carbonyl (C=O) groups excluding carboxylic acids is 2. The molecule has 1 fully saturated rings. The zero-order valence-corrected chi connectivity index (χ0v) is 31.7. The Labute approximate surface area is 315 Å². The first kappa shape index (κ1) is 41.2. The van der Waals surface area contributed by atoms with Crippen LogP contribution < -0.4 is 20.7 Å². The van der Waals surface area contributed by atoms with Crippen LogP contribution in [0.4, 0.5) is 22.9 Å². The molecule has 296 valence electrons. The van der Waals surface area contributed by atoms with Gasteiger partial charge in [-0.3, -0.25) is 13.9 Å². The van der Waals surface area contributed by atoms with Crippen LogP contribution in [0.25, 0.3) is 11.2 Å². The summed E-state index contributed by atoms with van der Waals surface area (Å²) in [7, 11) is -5.38. The Morgan fingerprint density at radius 1 is 1.05 bits per heavy atom. The van der Waals surface area contributed by atoms with Crippen molar-refractivity contribution in [2.75, 3.05) is 37.9 Å². The predicted octanol–water partition coefficient (Wildman–Crippen LogP) is 1.68. The first-order chi connectivity index (χ1) is 25.9. The highest BCUT2D eigenvalue weighted by Gasteiger charge is 2.49. The summed E-state index contributed by atoms with van der Waals surface area (Å²) in [5.74, 6) is -2.06. The van der Waals surface area contributed by atoms with Crippen molar-refractivity contribution in [1.29, 1.82) is 0 Å². The zero-order chi connectivity index (χ0) is 40.1. The molecule has 2 aromatic heterocycles. The van der Waals surface area contributed by atoms with E-state index in [1.807, 2.05) is 31.1 Å². The summed E-state index contributed by atoms with van der Waals surface area (Å²) in [6, 6.07) is 11.5. The number of hydrogen-bond acceptors (Lipinski definition) is 16. The zero-order valence-electron chi connectivity index (χ0n) is 30.0. The van der Waals surface area contributed by atoms with Crippen LogP contribution in [0.2, 0.25) is 0 Å². The lowest BCUT2D eigenvalue weighted by Gasteiger charge is -2.25. The Hall–Kier alpha value is -4.93. The average Bonchev–Trinajstić information content (AvgIpc) is 3.69. The van der Waals surface area contributed by atoms with Crippen molar-refractivity contribution in [3.8, 4) is 0 Å². The maximum absolute atomic E-state index is 13.5. The first-order valence-electron chi connectivity index (χ1n) is 16.7. The number of aromatic nitrogens is 4. The van der Waals surface area contributed by atoms with E-state index >= 15 is 0 Å². The standard InChI is InChI=1S/C32H41N10O11PS/c1-18(2)13-23(38-25(43)14-37-55(49,50)22-11-7-20(8-12-22)40-39-19-5-9-21(10-6-19)41(3)4)32(45)53-28-24(15-51-54(46,47)48)52-31(27(28)44)42-17-36-26-29(33)34-16-35-30(26)42/h5-12,16-18,23-24,27-28,31,37,44H,13-15H2,1-4H3,(H,38,43)(H2,33,34,35)(H2,46,47,48)/t23-,24+,27+,28+,31+/m0/s1. The fraction of sp³-hybridized carbons (Fsp3) is 0.406. The molecule has 1 aliphatic rings. The van der Waals surface area contributed by atoms with Gasteiger partial charge in [-0.2, -0.15) is 10.2 Å². The number of aliphatic hydroxyl groups is 1. The van der Waals surface area contributed by atoms with Crippen molar-refractivity contribution in [3.63, 3.8) is 0 Å². The SMILES string of the molecule is CC(C)C[C@H](NC(=O)CNS(=O)(=O)c1ccc(N=Nc2ccc(N(C)C)cc2)cc1)C(=O)O[C@H]1[C@@H](O)[C@H](n2cnc3c(N)ncnc32)O[C@@H]1COP(=O)(O)O. The number of nitrogen functional groups attached to an aromatic ring is 1. The number of nitrogens with one attached hydrogen (secondary N) is 2. The smallest absolute Gasteiger partial charge is 0.455 e. The average molecular weight is 805 g/mol. The van der Waals surface area contributed by atoms with Crippen LogP contribution in [0.5, 0.6) is 0 Å². The van der Waals surface area contributed by atoms with Crippen molar-refractivity contribution in [2.45, 2.75) is 55.7 Å². The molecule has 7 N–H and O–H groups in total. The van der Waals surface area contributed by atoms with Crippen LogP contribution in [-0.2, 0) is 38.2 Å². The third-order valence-electron chi connectivity index (χ3n) is 8.17. The second kappa shape index (κ2) is 17.3. The Balaban J connectivity index is 1.23. The fourth-order valence-corrected chi connectivity index (χ4v) is 6.80. The monoisotopic (exact) mass is 804 g/mol. The summed E-state index contributed by atoms with van der Waals surface area (Å²) in [6.07, 6.45) is -3.56. The van der Waals surface area contributed by atoms with E-state index in [1.165, 1.54) is 35.2 Å². The van der Waals surface area contributed by atoms with Crippen molar-refractivity contribution >= 4 is 63.8 Å². The molecule has 0 radical (unpaired) electrons. The number of fused-ring (bicyclic) bond motifs is 1. The van der Waals surface area contributed by atoms with Crippen LogP contribution in [0.15, 0.2) is 76.3 Å². The highest BCUT2D eigenvalue weighted by atomic mass is 32.2. The van der Waals surface area contributed by atoms with Gasteiger partial charge in [-0.15, -0.1) is 0 Å². The van der Waals surface area contributed by atoms with Gasteiger partial charge in [0.1, 0.15) is 30.1 Å². The number of sulfonamides is 1. The number of esters is 1. The minimum Gasteiger partial charge on any atom is -0.455 e. The first-order valence-corrected chi connectivity index (χ1v) is 19.7. The minimum atomic E-state index is -5.03. The number of benzene rings is 2. The van der Waals surface area contributed by atoms with E-state index in [0.717, 1.165) is 12.0 Å². The van der Waals surface area contributed by atoms with Gasteiger partial charge in [0.25, 0.3) is 0 Å². The number of phosphoric ester groups is 1. The van der Waals surface area contributed by atoms with Crippen LogP contribution >= 0.6 is 7.82 Å². The Morgan fingerprint density at radius 3 is 2.29 bits per heavy atom. The van der Waals surface area contributed by atoms with E-state index in [-0.39, 0.29) is 34.2 Å². The number of amides is 1. The maximum atomic E-state index is 13.5. The fourth-order valence-electron chi connectivity index (χ4n) is 5.47. The molecule has 55 heavy (non-hydrogen) atoms. The number of phosphoric acid groups is 1. The molecule has 0 spiro atoms. The molecular formula is C32H41N10O11PS. The number of ether oxygens (including phenoxy) is 2. The summed E-state index contributed by atoms with van der Waals surface area (Å²) in [5, 5.41) is 22.0. The number of nitrogens with two attached hydrogens (primary N) is 1. The van der Waals surface area contributed by atoms with Crippen LogP contribution in [0.1, 0.15) is 26.5 Å². The molecule has 23 heteroatoms. The molecule has 2 aromatic carbocycles. The van der Waals surface area contributed by atoms with E-state index in [0.29, 0.717) is 11.4 Å². The van der Waals surface area contributed by atoms with Crippen molar-refractivity contribution in [1.82, 2.24) is 29.6 Å². The summed E-state index contributed by atoms with van der Waals surface area (Å²) in [5.41, 5.74) is 8.17. The van der Waals surface area contributed by atoms with Gasteiger partial charge in [-0.05, 0) is 60.9 Å². The number of aliphatic hydroxyl groups excluding tert-OH is 1. The molecule has 1 amide bonds. The van der Waals surface area contributed by atoms with Gasteiger partial charge in [-0.25, -0.2) is 37.5 Å². The van der Waals surface area contributed by atoms with E-state index in [4.69, 9.17) is 15.2 Å². The van der Waals surface area contributed by atoms with Crippen LogP contribution in [0, 0.1) is 5.92 Å². The second-order valence-corrected chi connectivity index (χ2v) is 16.0. The van der Waals surface area contributed by atoms with Gasteiger partial charge in [0.05, 0.1) is 35.7 Å². The normalized spacial score (nSPS) is 19.6. The Kier molecular flexibility index (Phi) is 12.9. The van der Waals surface area contributed by atoms with Crippen molar-refractivity contribution in [2.24, 2.45) is 16.1 Å². The molecule has 0 unspecified atom stereocenters. The van der Waals surface area contributed by atoms with Gasteiger partial charge >= 0.3 is 13.8 Å². The van der Waals surface area contributed by atoms with Crippen molar-refractivity contribution < 1.29 is 51.5 Å². The summed E-state index contributed by atoms with van der Waals surface area (Å²) in [4.78, 5) is 59.0. The van der Waals surface area contributed by atoms with Gasteiger partial charge in [0.2, 0.25) is 15.9 Å². The number of carbonyl (C=O) groups is 2. The molecule has 21 nitrogen and oxygen atoms in total. The molecular weight excluding hydrogens is 763 g/mol. The van der Waals surface area contributed by atoms with Gasteiger partial charge in [0, 0.05) is 19.8 Å². The number of hydrogen-bond donors (Lipinski definition) is 6. The van der Waals surface area contributed by atoms with E-state index < -0.39 is 73.5 Å². The summed E-state index contributed by atoms with van der Waals surface area (Å²) < 4.78 is 57.0. The lowest BCUT2D eigenvalue weighted by Crippen LogP contribution is -2.49. The quantitative estimate of drug-likeness (QED) is 0.0533. The summed E-state index contributed by atoms with van der Waals surface area (Å²) >= 11 is 0. The molecule has 5 rings (SSSR count). The van der Waals surface area contributed by atoms with Crippen LogP contribution in [-0.4, -0.2) is 106 Å². The highest BCUT2D eigenvalue weighted by molar-refractivity contribution is 7.89. The molecule has 5 atom stereocenters. The number of rotatable bonds is 16. The molecule has 1 aliphatic heterocycles. The van der Waals surface area contributed by atoms with Gasteiger partial charge < -0.3 is 40.3 Å². The van der Waals surface area contributed by atoms with Gasteiger partial charge in [0.15, 0.2) is 23.8 Å². The highest BCUT2D eigenvalue weighted by Crippen LogP contribution is 2.40. The van der Waals surface area contributed by atoms with E-state index in [9.17, 15) is 37.5 Å². The number of anilines is 2. The Morgan fingerprint density at radius 2 is 1.69 bits per heavy atom. The molecule has 0 bridgehead atoms. The maximum Gasteiger partial charge on any atom is 0.469 e. The lowest BCUT2D eigenvalue weighted by atomic mass is 10.0. The van der Waals surface area contributed by atoms with Crippen LogP contribution in [0.3, 0.4) is 0 Å².